The van der Waals surface area contributed by atoms with Crippen LogP contribution in [0.2, 0.25) is 0 Å². The van der Waals surface area contributed by atoms with Crippen molar-refractivity contribution >= 4 is 23.0 Å². The highest BCUT2D eigenvalue weighted by Crippen LogP contribution is 2.26. The topological polar surface area (TPSA) is 103 Å². The predicted octanol–water partition coefficient (Wildman–Crippen LogP) is 3.00. The Bertz CT molecular complexity index is 1260. The molecule has 0 saturated heterocycles. The molecule has 0 unspecified atom stereocenters. The molecule has 0 saturated carbocycles. The van der Waals surface area contributed by atoms with E-state index in [-0.39, 0.29) is 46.7 Å². The normalized spacial score (nSPS) is 12.6. The van der Waals surface area contributed by atoms with Crippen LogP contribution >= 0.6 is 0 Å². The van der Waals surface area contributed by atoms with Gasteiger partial charge in [0.05, 0.1) is 11.5 Å². The minimum absolute atomic E-state index is 0.169. The molecule has 1 aromatic heterocycles. The second kappa shape index (κ2) is 7.71. The molecule has 31 heavy (non-hydrogen) atoms. The zero-order chi connectivity index (χ0) is 22.3. The van der Waals surface area contributed by atoms with Gasteiger partial charge in [-0.05, 0) is 5.92 Å². The maximum Gasteiger partial charge on any atom is 0.270 e. The number of hydrogen-bond acceptors (Lipinski definition) is 5. The number of nitro benzene ring substituents is 1. The van der Waals surface area contributed by atoms with Gasteiger partial charge in [-0.15, -0.1) is 0 Å². The maximum atomic E-state index is 13.2. The van der Waals surface area contributed by atoms with Crippen molar-refractivity contribution in [1.29, 1.82) is 0 Å². The van der Waals surface area contributed by atoms with Crippen molar-refractivity contribution in [3.63, 3.8) is 0 Å². The molecule has 0 fully saturated rings. The summed E-state index contributed by atoms with van der Waals surface area (Å²) in [5, 5.41) is 11.0. The molecule has 8 nitrogen and oxygen atoms in total. The van der Waals surface area contributed by atoms with Gasteiger partial charge in [-0.3, -0.25) is 24.5 Å². The number of aromatic nitrogens is 2. The number of ketones is 3. The van der Waals surface area contributed by atoms with Crippen LogP contribution in [0.3, 0.4) is 0 Å². The molecule has 3 aromatic rings. The van der Waals surface area contributed by atoms with Crippen LogP contribution in [-0.2, 0) is 13.1 Å². The van der Waals surface area contributed by atoms with E-state index in [0.29, 0.717) is 17.7 Å². The molecule has 0 atom stereocenters. The molecule has 0 amide bonds. The van der Waals surface area contributed by atoms with Crippen molar-refractivity contribution in [3.05, 3.63) is 93.1 Å². The first-order valence-electron chi connectivity index (χ1n) is 9.86. The van der Waals surface area contributed by atoms with Gasteiger partial charge in [0.2, 0.25) is 35.1 Å². The highest BCUT2D eigenvalue weighted by molar-refractivity contribution is 6.26. The molecule has 1 aliphatic rings. The van der Waals surface area contributed by atoms with Crippen LogP contribution in [-0.4, -0.2) is 26.8 Å². The van der Waals surface area contributed by atoms with E-state index in [0.717, 1.165) is 0 Å². The molecule has 0 bridgehead atoms. The first-order chi connectivity index (χ1) is 14.8. The summed E-state index contributed by atoms with van der Waals surface area (Å²) in [6.07, 6.45) is 1.61. The molecule has 0 radical (unpaired) electrons. The molecule has 1 aliphatic carbocycles. The lowest BCUT2D eigenvalue weighted by Crippen LogP contribution is -2.43. The summed E-state index contributed by atoms with van der Waals surface area (Å²) in [6.45, 7) is 4.28. The van der Waals surface area contributed by atoms with Crippen LogP contribution in [0, 0.1) is 16.0 Å². The van der Waals surface area contributed by atoms with E-state index in [9.17, 15) is 24.5 Å². The van der Waals surface area contributed by atoms with E-state index >= 15 is 0 Å². The van der Waals surface area contributed by atoms with Crippen molar-refractivity contribution in [2.75, 3.05) is 0 Å². The van der Waals surface area contributed by atoms with Gasteiger partial charge >= 0.3 is 0 Å². The van der Waals surface area contributed by atoms with Gasteiger partial charge < -0.3 is 0 Å². The monoisotopic (exact) mass is 418 g/mol. The number of carbonyl (C=O) groups is 3. The van der Waals surface area contributed by atoms with Crippen LogP contribution < -0.4 is 4.57 Å². The lowest BCUT2D eigenvalue weighted by atomic mass is 9.89. The van der Waals surface area contributed by atoms with Gasteiger partial charge in [0.15, 0.2) is 6.54 Å². The highest BCUT2D eigenvalue weighted by atomic mass is 16.6. The van der Waals surface area contributed by atoms with Gasteiger partial charge in [-0.25, -0.2) is 9.13 Å². The fourth-order valence-electron chi connectivity index (χ4n) is 3.86. The number of rotatable bonds is 6. The molecule has 4 rings (SSSR count). The van der Waals surface area contributed by atoms with E-state index in [1.807, 2.05) is 13.8 Å². The van der Waals surface area contributed by atoms with E-state index in [1.54, 1.807) is 35.2 Å². The summed E-state index contributed by atoms with van der Waals surface area (Å²) in [5.74, 6) is -0.762. The first-order valence-corrected chi connectivity index (χ1v) is 9.86. The van der Waals surface area contributed by atoms with E-state index < -0.39 is 10.7 Å². The quantitative estimate of drug-likeness (QED) is 0.207. The number of imidazole rings is 1. The number of nitro groups is 1. The second-order valence-electron chi connectivity index (χ2n) is 7.92. The van der Waals surface area contributed by atoms with E-state index in [1.165, 1.54) is 28.8 Å². The third-order valence-electron chi connectivity index (χ3n) is 5.18. The number of carbonyl (C=O) groups excluding carboxylic acids is 3. The molecule has 2 aromatic carbocycles. The van der Waals surface area contributed by atoms with Gasteiger partial charge in [-0.1, -0.05) is 50.2 Å². The molecule has 0 spiro atoms. The smallest absolute Gasteiger partial charge is 0.270 e. The van der Waals surface area contributed by atoms with Gasteiger partial charge in [0.1, 0.15) is 0 Å². The number of Topliss-reactive ketones (excluding diaryl/α,β-unsaturated/α-hetero) is 1. The SMILES string of the molecule is CC(C)Cn1c[n+](CC(=O)c2cccc([N+](=O)[O-])c2)c2c1C(=O)c1ccccc1C2=O. The van der Waals surface area contributed by atoms with Crippen molar-refractivity contribution in [2.45, 2.75) is 26.9 Å². The minimum atomic E-state index is -0.565. The molecule has 156 valence electrons. The third kappa shape index (κ3) is 3.56. The van der Waals surface area contributed by atoms with Crippen LogP contribution in [0.5, 0.6) is 0 Å². The van der Waals surface area contributed by atoms with Crippen LogP contribution in [0.4, 0.5) is 5.69 Å². The first kappa shape index (κ1) is 20.3. The van der Waals surface area contributed by atoms with E-state index in [4.69, 9.17) is 0 Å². The second-order valence-corrected chi connectivity index (χ2v) is 7.92. The Morgan fingerprint density at radius 3 is 2.39 bits per heavy atom. The summed E-state index contributed by atoms with van der Waals surface area (Å²) in [4.78, 5) is 49.8. The van der Waals surface area contributed by atoms with Crippen LogP contribution in [0.1, 0.15) is 56.3 Å². The van der Waals surface area contributed by atoms with E-state index in [2.05, 4.69) is 0 Å². The summed E-state index contributed by atoms with van der Waals surface area (Å²) < 4.78 is 3.20. The fourth-order valence-corrected chi connectivity index (χ4v) is 3.86. The van der Waals surface area contributed by atoms with Crippen LogP contribution in [0.25, 0.3) is 0 Å². The van der Waals surface area contributed by atoms with Gasteiger partial charge in [0.25, 0.3) is 5.69 Å². The molecular formula is C23H20N3O5+. The molecule has 0 aliphatic heterocycles. The minimum Gasteiger partial charge on any atom is -0.290 e. The summed E-state index contributed by atoms with van der Waals surface area (Å²) in [6, 6.07) is 12.1. The lowest BCUT2D eigenvalue weighted by Gasteiger charge is -2.13. The maximum absolute atomic E-state index is 13.2. The Morgan fingerprint density at radius 2 is 1.74 bits per heavy atom. The largest absolute Gasteiger partial charge is 0.290 e. The van der Waals surface area contributed by atoms with Crippen LogP contribution in [0.15, 0.2) is 54.9 Å². The third-order valence-corrected chi connectivity index (χ3v) is 5.18. The average molecular weight is 418 g/mol. The molecule has 1 heterocycles. The van der Waals surface area contributed by atoms with Crippen molar-refractivity contribution in [1.82, 2.24) is 4.57 Å². The summed E-state index contributed by atoms with van der Waals surface area (Å²) in [7, 11) is 0. The Kier molecular flexibility index (Phi) is 5.06. The zero-order valence-corrected chi connectivity index (χ0v) is 17.1. The summed E-state index contributed by atoms with van der Waals surface area (Å²) >= 11 is 0. The van der Waals surface area contributed by atoms with Gasteiger partial charge in [-0.2, -0.15) is 0 Å². The predicted molar refractivity (Wildman–Crippen MR) is 110 cm³/mol. The van der Waals surface area contributed by atoms with Crippen molar-refractivity contribution in [3.8, 4) is 0 Å². The Hall–Kier alpha value is -3.94. The standard InChI is InChI=1S/C23H20N3O5/c1-14(2)11-24-13-25(12-19(27)15-6-5-7-16(10-15)26(30)31)21-20(24)22(28)17-8-3-4-9-18(17)23(21)29/h3-10,13-14H,11-12H2,1-2H3/q+1. The fraction of sp³-hybridized carbons (Fsp3) is 0.217. The average Bonchev–Trinajstić information content (AvgIpc) is 3.09. The number of nitrogens with zero attached hydrogens (tertiary/aromatic N) is 3. The molecule has 8 heteroatoms. The summed E-state index contributed by atoms with van der Waals surface area (Å²) in [5.41, 5.74) is 1.07. The number of hydrogen-bond donors (Lipinski definition) is 0. The highest BCUT2D eigenvalue weighted by Gasteiger charge is 2.41. The number of non-ortho nitro benzene ring substituents is 1. The van der Waals surface area contributed by atoms with Crippen molar-refractivity contribution in [2.24, 2.45) is 5.92 Å². The zero-order valence-electron chi connectivity index (χ0n) is 17.1. The Morgan fingerprint density at radius 1 is 1.06 bits per heavy atom. The lowest BCUT2D eigenvalue weighted by molar-refractivity contribution is -0.684. The number of fused-ring (bicyclic) bond motifs is 2. The van der Waals surface area contributed by atoms with Crippen molar-refractivity contribution < 1.29 is 23.9 Å². The van der Waals surface area contributed by atoms with Gasteiger partial charge in [0, 0.05) is 28.8 Å². The Labute approximate surface area is 177 Å². The number of benzene rings is 2. The molecular weight excluding hydrogens is 398 g/mol. The Balaban J connectivity index is 1.79. The molecule has 0 N–H and O–H groups in total.